The third-order valence-electron chi connectivity index (χ3n) is 3.61. The Bertz CT molecular complexity index is 497. The van der Waals surface area contributed by atoms with Crippen LogP contribution < -0.4 is 5.73 Å². The Morgan fingerprint density at radius 1 is 1.55 bits per heavy atom. The molecule has 1 aromatic heterocycles. The number of nitrogen functional groups attached to an aromatic ring is 1. The summed E-state index contributed by atoms with van der Waals surface area (Å²) in [6, 6.07) is 0. The van der Waals surface area contributed by atoms with E-state index in [0.29, 0.717) is 25.1 Å². The molecule has 1 aliphatic rings. The maximum atomic E-state index is 12.7. The lowest BCUT2D eigenvalue weighted by molar-refractivity contribution is -0.184. The molecule has 1 amide bonds. The summed E-state index contributed by atoms with van der Waals surface area (Å²) in [5.74, 6) is -2.00. The van der Waals surface area contributed by atoms with Crippen molar-refractivity contribution in [3.63, 3.8) is 0 Å². The van der Waals surface area contributed by atoms with Crippen molar-refractivity contribution in [1.29, 1.82) is 0 Å². The fourth-order valence-electron chi connectivity index (χ4n) is 2.40. The van der Waals surface area contributed by atoms with Gasteiger partial charge in [-0.05, 0) is 19.3 Å². The van der Waals surface area contributed by atoms with Crippen molar-refractivity contribution in [2.75, 3.05) is 18.8 Å². The van der Waals surface area contributed by atoms with Gasteiger partial charge in [0, 0.05) is 13.1 Å². The number of piperidine rings is 1. The van der Waals surface area contributed by atoms with Crippen LogP contribution in [-0.2, 0) is 6.42 Å². The van der Waals surface area contributed by atoms with E-state index in [2.05, 4.69) is 10.2 Å². The standard InChI is InChI=1S/C12H17F3N4O/c1-2-8-9(16)10(18-17-8)11(20)19-5-3-4-7(6-19)12(13,14)15/h7H,2-6,16H2,1H3,(H,17,18). The summed E-state index contributed by atoms with van der Waals surface area (Å²) >= 11 is 0. The lowest BCUT2D eigenvalue weighted by Crippen LogP contribution is -2.44. The molecular formula is C12H17F3N4O. The van der Waals surface area contributed by atoms with Gasteiger partial charge in [0.1, 0.15) is 0 Å². The molecule has 0 radical (unpaired) electrons. The molecule has 1 atom stereocenters. The Labute approximate surface area is 114 Å². The smallest absolute Gasteiger partial charge is 0.393 e. The number of carbonyl (C=O) groups excluding carboxylic acids is 1. The maximum absolute atomic E-state index is 12.7. The first-order valence-corrected chi connectivity index (χ1v) is 6.53. The second-order valence-electron chi connectivity index (χ2n) is 4.95. The lowest BCUT2D eigenvalue weighted by Gasteiger charge is -2.33. The predicted octanol–water partition coefficient (Wildman–Crippen LogP) is 1.97. The van der Waals surface area contributed by atoms with E-state index in [9.17, 15) is 18.0 Å². The van der Waals surface area contributed by atoms with Crippen molar-refractivity contribution < 1.29 is 18.0 Å². The number of amides is 1. The first-order chi connectivity index (χ1) is 9.34. The summed E-state index contributed by atoms with van der Waals surface area (Å²) < 4.78 is 38.2. The summed E-state index contributed by atoms with van der Waals surface area (Å²) in [5.41, 5.74) is 6.65. The Morgan fingerprint density at radius 3 is 2.80 bits per heavy atom. The molecule has 1 aliphatic heterocycles. The van der Waals surface area contributed by atoms with Crippen molar-refractivity contribution >= 4 is 11.6 Å². The van der Waals surface area contributed by atoms with E-state index >= 15 is 0 Å². The van der Waals surface area contributed by atoms with Crippen LogP contribution in [0.4, 0.5) is 18.9 Å². The number of likely N-dealkylation sites (tertiary alicyclic amines) is 1. The largest absolute Gasteiger partial charge is 0.395 e. The number of anilines is 1. The number of aryl methyl sites for hydroxylation is 1. The Kier molecular flexibility index (Phi) is 3.92. The SMILES string of the molecule is CCc1[nH]nc(C(=O)N2CCCC(C(F)(F)F)C2)c1N. The molecule has 1 unspecified atom stereocenters. The van der Waals surface area contributed by atoms with Gasteiger partial charge in [-0.1, -0.05) is 6.92 Å². The van der Waals surface area contributed by atoms with E-state index in [1.807, 2.05) is 6.92 Å². The number of hydrogen-bond acceptors (Lipinski definition) is 3. The van der Waals surface area contributed by atoms with Crippen LogP contribution >= 0.6 is 0 Å². The molecule has 1 aromatic rings. The highest BCUT2D eigenvalue weighted by Crippen LogP contribution is 2.33. The third kappa shape index (κ3) is 2.73. The van der Waals surface area contributed by atoms with E-state index in [0.717, 1.165) is 0 Å². The van der Waals surface area contributed by atoms with Gasteiger partial charge >= 0.3 is 6.18 Å². The number of H-pyrrole nitrogens is 1. The number of nitrogens with zero attached hydrogens (tertiary/aromatic N) is 2. The van der Waals surface area contributed by atoms with Gasteiger partial charge in [-0.25, -0.2) is 0 Å². The molecule has 2 rings (SSSR count). The van der Waals surface area contributed by atoms with E-state index in [1.54, 1.807) is 0 Å². The number of nitrogens with two attached hydrogens (primary N) is 1. The number of nitrogens with one attached hydrogen (secondary N) is 1. The molecule has 5 nitrogen and oxygen atoms in total. The van der Waals surface area contributed by atoms with Gasteiger partial charge in [0.05, 0.1) is 17.3 Å². The quantitative estimate of drug-likeness (QED) is 0.874. The van der Waals surface area contributed by atoms with Gasteiger partial charge in [-0.2, -0.15) is 18.3 Å². The fraction of sp³-hybridized carbons (Fsp3) is 0.667. The number of alkyl halides is 3. The van der Waals surface area contributed by atoms with Crippen LogP contribution in [0.5, 0.6) is 0 Å². The highest BCUT2D eigenvalue weighted by atomic mass is 19.4. The summed E-state index contributed by atoms with van der Waals surface area (Å²) in [6.45, 7) is 1.83. The second-order valence-corrected chi connectivity index (χ2v) is 4.95. The molecule has 1 fully saturated rings. The van der Waals surface area contributed by atoms with E-state index in [-0.39, 0.29) is 24.3 Å². The van der Waals surface area contributed by atoms with Gasteiger partial charge in [0.25, 0.3) is 5.91 Å². The average molecular weight is 290 g/mol. The topological polar surface area (TPSA) is 75.0 Å². The molecule has 0 aromatic carbocycles. The minimum Gasteiger partial charge on any atom is -0.395 e. The number of aromatic amines is 1. The van der Waals surface area contributed by atoms with Crippen molar-refractivity contribution in [1.82, 2.24) is 15.1 Å². The molecule has 112 valence electrons. The summed E-state index contributed by atoms with van der Waals surface area (Å²) in [4.78, 5) is 13.4. The van der Waals surface area contributed by atoms with Crippen LogP contribution in [0.1, 0.15) is 35.9 Å². The number of hydrogen-bond donors (Lipinski definition) is 2. The zero-order valence-electron chi connectivity index (χ0n) is 11.1. The van der Waals surface area contributed by atoms with Gasteiger partial charge in [-0.3, -0.25) is 9.89 Å². The number of carbonyl (C=O) groups is 1. The fourth-order valence-corrected chi connectivity index (χ4v) is 2.40. The Morgan fingerprint density at radius 2 is 2.25 bits per heavy atom. The number of aromatic nitrogens is 2. The van der Waals surface area contributed by atoms with Crippen molar-refractivity contribution in [2.45, 2.75) is 32.4 Å². The molecular weight excluding hydrogens is 273 g/mol. The zero-order valence-corrected chi connectivity index (χ0v) is 11.1. The van der Waals surface area contributed by atoms with E-state index < -0.39 is 18.0 Å². The van der Waals surface area contributed by atoms with E-state index in [4.69, 9.17) is 5.73 Å². The average Bonchev–Trinajstić information content (AvgIpc) is 2.78. The number of rotatable bonds is 2. The van der Waals surface area contributed by atoms with Crippen molar-refractivity contribution in [3.8, 4) is 0 Å². The summed E-state index contributed by atoms with van der Waals surface area (Å²) in [7, 11) is 0. The zero-order chi connectivity index (χ0) is 14.9. The van der Waals surface area contributed by atoms with Gasteiger partial charge < -0.3 is 10.6 Å². The molecule has 0 saturated carbocycles. The summed E-state index contributed by atoms with van der Waals surface area (Å²) in [5, 5.41) is 6.47. The van der Waals surface area contributed by atoms with Gasteiger partial charge in [0.15, 0.2) is 5.69 Å². The van der Waals surface area contributed by atoms with Crippen LogP contribution in [0.3, 0.4) is 0 Å². The Balaban J connectivity index is 2.14. The lowest BCUT2D eigenvalue weighted by atomic mass is 9.97. The maximum Gasteiger partial charge on any atom is 0.393 e. The van der Waals surface area contributed by atoms with Crippen LogP contribution in [0, 0.1) is 5.92 Å². The van der Waals surface area contributed by atoms with Crippen LogP contribution in [0.2, 0.25) is 0 Å². The second kappa shape index (κ2) is 5.34. The molecule has 0 bridgehead atoms. The molecule has 2 heterocycles. The third-order valence-corrected chi connectivity index (χ3v) is 3.61. The molecule has 8 heteroatoms. The Hall–Kier alpha value is -1.73. The van der Waals surface area contributed by atoms with Crippen molar-refractivity contribution in [3.05, 3.63) is 11.4 Å². The number of halogens is 3. The normalized spacial score (nSPS) is 20.2. The van der Waals surface area contributed by atoms with Crippen LogP contribution in [0.15, 0.2) is 0 Å². The molecule has 0 aliphatic carbocycles. The highest BCUT2D eigenvalue weighted by molar-refractivity contribution is 5.97. The van der Waals surface area contributed by atoms with Crippen molar-refractivity contribution in [2.24, 2.45) is 5.92 Å². The molecule has 0 spiro atoms. The summed E-state index contributed by atoms with van der Waals surface area (Å²) in [6.07, 6.45) is -3.30. The molecule has 1 saturated heterocycles. The highest BCUT2D eigenvalue weighted by Gasteiger charge is 2.43. The van der Waals surface area contributed by atoms with Gasteiger partial charge in [-0.15, -0.1) is 0 Å². The first kappa shape index (κ1) is 14.7. The molecule has 20 heavy (non-hydrogen) atoms. The minimum absolute atomic E-state index is 0.0182. The van der Waals surface area contributed by atoms with Crippen LogP contribution in [-0.4, -0.2) is 40.3 Å². The monoisotopic (exact) mass is 290 g/mol. The van der Waals surface area contributed by atoms with E-state index in [1.165, 1.54) is 4.90 Å². The first-order valence-electron chi connectivity index (χ1n) is 6.53. The minimum atomic E-state index is -4.27. The predicted molar refractivity (Wildman–Crippen MR) is 67.1 cm³/mol. The van der Waals surface area contributed by atoms with Crippen LogP contribution in [0.25, 0.3) is 0 Å². The molecule has 3 N–H and O–H groups in total. The van der Waals surface area contributed by atoms with Gasteiger partial charge in [0.2, 0.25) is 0 Å².